The molecule has 1 aromatic carbocycles. The summed E-state index contributed by atoms with van der Waals surface area (Å²) < 4.78 is 26.6. The number of hydrogen-bond donors (Lipinski definition) is 2. The van der Waals surface area contributed by atoms with Crippen molar-refractivity contribution in [2.75, 3.05) is 6.61 Å². The van der Waals surface area contributed by atoms with Gasteiger partial charge in [-0.15, -0.1) is 0 Å². The highest BCUT2D eigenvalue weighted by Crippen LogP contribution is 2.36. The minimum absolute atomic E-state index is 0.0396. The predicted octanol–water partition coefficient (Wildman–Crippen LogP) is 0.361. The van der Waals surface area contributed by atoms with Gasteiger partial charge in [-0.3, -0.25) is 0 Å². The fourth-order valence-electron chi connectivity index (χ4n) is 1.58. The van der Waals surface area contributed by atoms with Crippen molar-refractivity contribution in [3.63, 3.8) is 0 Å². The van der Waals surface area contributed by atoms with Gasteiger partial charge in [-0.1, -0.05) is 12.1 Å². The molecule has 0 heterocycles. The largest absolute Gasteiger partial charge is 0.394 e. The highest BCUT2D eigenvalue weighted by Gasteiger charge is 2.45. The Hall–Kier alpha value is -1.42. The summed E-state index contributed by atoms with van der Waals surface area (Å²) in [4.78, 5) is -0.0396. The number of aliphatic hydroxyl groups excluding tert-OH is 1. The number of benzene rings is 1. The fraction of sp³-hybridized carbons (Fsp3) is 0.364. The molecule has 0 radical (unpaired) electrons. The van der Waals surface area contributed by atoms with E-state index in [9.17, 15) is 8.42 Å². The summed E-state index contributed by atoms with van der Waals surface area (Å²) in [5.41, 5.74) is -0.616. The molecule has 0 unspecified atom stereocenters. The molecule has 1 aliphatic rings. The molecule has 2 rings (SSSR count). The Morgan fingerprint density at radius 3 is 2.59 bits per heavy atom. The molecule has 0 atom stereocenters. The number of hydrogen-bond acceptors (Lipinski definition) is 4. The third kappa shape index (κ3) is 2.31. The van der Waals surface area contributed by atoms with Gasteiger partial charge in [-0.2, -0.15) is 5.26 Å². The van der Waals surface area contributed by atoms with Crippen molar-refractivity contribution in [3.05, 3.63) is 29.8 Å². The molecule has 0 spiro atoms. The van der Waals surface area contributed by atoms with Gasteiger partial charge in [0.2, 0.25) is 10.0 Å². The molecule has 1 saturated carbocycles. The van der Waals surface area contributed by atoms with Crippen LogP contribution in [0.5, 0.6) is 0 Å². The molecule has 2 N–H and O–H groups in total. The van der Waals surface area contributed by atoms with Crippen LogP contribution in [-0.4, -0.2) is 25.7 Å². The Kier molecular flexibility index (Phi) is 2.91. The van der Waals surface area contributed by atoms with E-state index in [0.29, 0.717) is 12.8 Å². The number of sulfonamides is 1. The van der Waals surface area contributed by atoms with Gasteiger partial charge in [0.15, 0.2) is 0 Å². The summed E-state index contributed by atoms with van der Waals surface area (Å²) >= 11 is 0. The smallest absolute Gasteiger partial charge is 0.242 e. The third-order valence-electron chi connectivity index (χ3n) is 2.80. The van der Waals surface area contributed by atoms with Gasteiger partial charge < -0.3 is 5.11 Å². The Morgan fingerprint density at radius 1 is 1.41 bits per heavy atom. The minimum Gasteiger partial charge on any atom is -0.394 e. The Labute approximate surface area is 99.7 Å². The molecule has 6 heteroatoms. The summed E-state index contributed by atoms with van der Waals surface area (Å²) in [6.45, 7) is -0.221. The van der Waals surface area contributed by atoms with Crippen LogP contribution in [0.1, 0.15) is 18.4 Å². The van der Waals surface area contributed by atoms with Gasteiger partial charge in [0.1, 0.15) is 6.07 Å². The zero-order valence-corrected chi connectivity index (χ0v) is 9.87. The summed E-state index contributed by atoms with van der Waals surface area (Å²) in [5.74, 6) is 0. The zero-order chi connectivity index (χ0) is 12.5. The maximum absolute atomic E-state index is 12.1. The van der Waals surface area contributed by atoms with Crippen molar-refractivity contribution in [1.82, 2.24) is 4.72 Å². The molecular formula is C11H12N2O3S. The lowest BCUT2D eigenvalue weighted by molar-refractivity contribution is 0.246. The van der Waals surface area contributed by atoms with Crippen molar-refractivity contribution in [2.45, 2.75) is 23.3 Å². The molecule has 1 fully saturated rings. The third-order valence-corrected chi connectivity index (χ3v) is 4.44. The van der Waals surface area contributed by atoms with Gasteiger partial charge in [-0.25, -0.2) is 13.1 Å². The Morgan fingerprint density at radius 2 is 2.06 bits per heavy atom. The fourth-order valence-corrected chi connectivity index (χ4v) is 3.19. The monoisotopic (exact) mass is 252 g/mol. The number of nitrogens with zero attached hydrogens (tertiary/aromatic N) is 1. The van der Waals surface area contributed by atoms with Gasteiger partial charge in [-0.05, 0) is 25.0 Å². The van der Waals surface area contributed by atoms with Crippen LogP contribution in [0.15, 0.2) is 29.2 Å². The van der Waals surface area contributed by atoms with E-state index in [4.69, 9.17) is 10.4 Å². The molecule has 1 aliphatic carbocycles. The SMILES string of the molecule is N#Cc1ccccc1S(=O)(=O)NC1(CO)CC1. The standard InChI is InChI=1S/C11H12N2O3S/c12-7-9-3-1-2-4-10(9)17(15,16)13-11(8-14)5-6-11/h1-4,13-14H,5-6,8H2. The summed E-state index contributed by atoms with van der Waals surface area (Å²) in [7, 11) is -3.74. The van der Waals surface area contributed by atoms with Crippen LogP contribution in [0.25, 0.3) is 0 Å². The van der Waals surface area contributed by atoms with Crippen molar-refractivity contribution in [1.29, 1.82) is 5.26 Å². The van der Waals surface area contributed by atoms with E-state index < -0.39 is 15.6 Å². The highest BCUT2D eigenvalue weighted by molar-refractivity contribution is 7.89. The maximum Gasteiger partial charge on any atom is 0.242 e. The molecule has 17 heavy (non-hydrogen) atoms. The second-order valence-corrected chi connectivity index (χ2v) is 5.80. The van der Waals surface area contributed by atoms with Crippen LogP contribution >= 0.6 is 0 Å². The second-order valence-electron chi connectivity index (χ2n) is 4.15. The van der Waals surface area contributed by atoms with Gasteiger partial charge in [0.25, 0.3) is 0 Å². The van der Waals surface area contributed by atoms with Crippen molar-refractivity contribution >= 4 is 10.0 Å². The maximum atomic E-state index is 12.1. The van der Waals surface area contributed by atoms with E-state index in [-0.39, 0.29) is 17.1 Å². The first-order valence-electron chi connectivity index (χ1n) is 5.17. The normalized spacial score (nSPS) is 17.4. The number of nitrogens with one attached hydrogen (secondary N) is 1. The molecule has 0 aliphatic heterocycles. The minimum atomic E-state index is -3.74. The average molecular weight is 252 g/mol. The van der Waals surface area contributed by atoms with E-state index in [1.807, 2.05) is 6.07 Å². The van der Waals surface area contributed by atoms with Crippen LogP contribution < -0.4 is 4.72 Å². The van der Waals surface area contributed by atoms with Crippen molar-refractivity contribution in [2.24, 2.45) is 0 Å². The van der Waals surface area contributed by atoms with E-state index in [0.717, 1.165) is 0 Å². The first kappa shape index (κ1) is 12.0. The van der Waals surface area contributed by atoms with Crippen LogP contribution in [0.2, 0.25) is 0 Å². The van der Waals surface area contributed by atoms with E-state index in [1.165, 1.54) is 12.1 Å². The summed E-state index contributed by atoms with van der Waals surface area (Å²) in [5, 5.41) is 18.0. The number of aliphatic hydroxyl groups is 1. The van der Waals surface area contributed by atoms with Crippen LogP contribution in [0.3, 0.4) is 0 Å². The lowest BCUT2D eigenvalue weighted by atomic mass is 10.2. The lowest BCUT2D eigenvalue weighted by Gasteiger charge is -2.15. The van der Waals surface area contributed by atoms with Gasteiger partial charge in [0, 0.05) is 0 Å². The van der Waals surface area contributed by atoms with Crippen molar-refractivity contribution in [3.8, 4) is 6.07 Å². The van der Waals surface area contributed by atoms with Gasteiger partial charge in [0.05, 0.1) is 22.6 Å². The Balaban J connectivity index is 2.36. The molecular weight excluding hydrogens is 240 g/mol. The first-order chi connectivity index (χ1) is 8.03. The summed E-state index contributed by atoms with van der Waals surface area (Å²) in [6, 6.07) is 7.85. The molecule has 0 saturated heterocycles. The van der Waals surface area contributed by atoms with Crippen molar-refractivity contribution < 1.29 is 13.5 Å². The lowest BCUT2D eigenvalue weighted by Crippen LogP contribution is -2.39. The molecule has 90 valence electrons. The first-order valence-corrected chi connectivity index (χ1v) is 6.65. The van der Waals surface area contributed by atoms with Crippen LogP contribution in [-0.2, 0) is 10.0 Å². The van der Waals surface area contributed by atoms with Gasteiger partial charge >= 0.3 is 0 Å². The molecule has 1 aromatic rings. The highest BCUT2D eigenvalue weighted by atomic mass is 32.2. The second kappa shape index (κ2) is 4.11. The molecule has 0 aromatic heterocycles. The number of rotatable bonds is 4. The quantitative estimate of drug-likeness (QED) is 0.809. The zero-order valence-electron chi connectivity index (χ0n) is 9.05. The average Bonchev–Trinajstić information content (AvgIpc) is 3.09. The van der Waals surface area contributed by atoms with Crippen LogP contribution in [0.4, 0.5) is 0 Å². The molecule has 0 amide bonds. The topological polar surface area (TPSA) is 90.2 Å². The van der Waals surface area contributed by atoms with Crippen LogP contribution in [0, 0.1) is 11.3 Å². The number of nitriles is 1. The predicted molar refractivity (Wildman–Crippen MR) is 60.5 cm³/mol. The Bertz CT molecular complexity index is 571. The molecule has 5 nitrogen and oxygen atoms in total. The summed E-state index contributed by atoms with van der Waals surface area (Å²) in [6.07, 6.45) is 1.24. The van der Waals surface area contributed by atoms with E-state index in [2.05, 4.69) is 4.72 Å². The molecule has 0 bridgehead atoms. The van der Waals surface area contributed by atoms with E-state index in [1.54, 1.807) is 12.1 Å². The van der Waals surface area contributed by atoms with E-state index >= 15 is 0 Å².